The number of amides is 1. The Bertz CT molecular complexity index is 1100. The molecule has 1 atom stereocenters. The molecule has 1 amide bonds. The highest BCUT2D eigenvalue weighted by Gasteiger charge is 2.17. The van der Waals surface area contributed by atoms with Gasteiger partial charge in [0.1, 0.15) is 5.76 Å². The molecule has 1 aromatic carbocycles. The molecule has 3 aromatic heterocycles. The van der Waals surface area contributed by atoms with E-state index in [1.165, 1.54) is 17.3 Å². The number of carbonyl (C=O) groups is 1. The van der Waals surface area contributed by atoms with Crippen LogP contribution in [-0.4, -0.2) is 26.4 Å². The van der Waals surface area contributed by atoms with Crippen molar-refractivity contribution < 1.29 is 9.21 Å². The average Bonchev–Trinajstić information content (AvgIpc) is 3.55. The number of furan rings is 1. The molecule has 0 aliphatic heterocycles. The average molecular weight is 453 g/mol. The summed E-state index contributed by atoms with van der Waals surface area (Å²) in [6, 6.07) is 15.8. The number of carbonyl (C=O) groups excluding carboxylic acids is 1. The molecular weight excluding hydrogens is 428 g/mol. The molecule has 0 spiro atoms. The van der Waals surface area contributed by atoms with Gasteiger partial charge in [-0.2, -0.15) is 0 Å². The van der Waals surface area contributed by atoms with Gasteiger partial charge in [0.15, 0.2) is 11.0 Å². The molecule has 0 saturated heterocycles. The van der Waals surface area contributed by atoms with Gasteiger partial charge in [-0.25, -0.2) is 0 Å². The number of benzene rings is 1. The highest BCUT2D eigenvalue weighted by atomic mass is 32.2. The lowest BCUT2D eigenvalue weighted by Crippen LogP contribution is -2.15. The van der Waals surface area contributed by atoms with Gasteiger partial charge in [0.25, 0.3) is 0 Å². The number of thioether (sulfide) groups is 1. The number of aromatic nitrogens is 3. The van der Waals surface area contributed by atoms with Gasteiger partial charge in [-0.15, -0.1) is 21.5 Å². The minimum absolute atomic E-state index is 0.0773. The van der Waals surface area contributed by atoms with Crippen LogP contribution in [0.3, 0.4) is 0 Å². The summed E-state index contributed by atoms with van der Waals surface area (Å²) in [5.41, 5.74) is 2.08. The molecule has 160 valence electrons. The van der Waals surface area contributed by atoms with Crippen LogP contribution >= 0.6 is 23.1 Å². The molecule has 4 aromatic rings. The fraction of sp³-hybridized carbons (Fsp3) is 0.261. The first-order valence-corrected chi connectivity index (χ1v) is 12.0. The van der Waals surface area contributed by atoms with E-state index in [-0.39, 0.29) is 11.7 Å². The number of nitrogens with one attached hydrogen (secondary N) is 1. The molecule has 0 aliphatic rings. The first-order valence-electron chi connectivity index (χ1n) is 10.2. The molecule has 0 bridgehead atoms. The van der Waals surface area contributed by atoms with Crippen molar-refractivity contribution in [3.05, 3.63) is 71.5 Å². The lowest BCUT2D eigenvalue weighted by molar-refractivity contribution is -0.113. The zero-order valence-corrected chi connectivity index (χ0v) is 19.1. The van der Waals surface area contributed by atoms with Crippen LogP contribution in [0.2, 0.25) is 0 Å². The third kappa shape index (κ3) is 5.26. The van der Waals surface area contributed by atoms with Gasteiger partial charge in [0.2, 0.25) is 5.91 Å². The summed E-state index contributed by atoms with van der Waals surface area (Å²) in [5.74, 6) is 2.26. The number of hydrogen-bond acceptors (Lipinski definition) is 6. The van der Waals surface area contributed by atoms with Crippen molar-refractivity contribution >= 4 is 34.7 Å². The summed E-state index contributed by atoms with van der Waals surface area (Å²) in [4.78, 5) is 13.5. The van der Waals surface area contributed by atoms with Crippen LogP contribution in [-0.2, 0) is 11.3 Å². The Kier molecular flexibility index (Phi) is 6.89. The maximum Gasteiger partial charge on any atom is 0.234 e. The summed E-state index contributed by atoms with van der Waals surface area (Å²) < 4.78 is 7.50. The summed E-state index contributed by atoms with van der Waals surface area (Å²) in [7, 11) is 0. The fourth-order valence-corrected chi connectivity index (χ4v) is 4.60. The normalized spacial score (nSPS) is 12.1. The largest absolute Gasteiger partial charge is 0.467 e. The van der Waals surface area contributed by atoms with Gasteiger partial charge >= 0.3 is 0 Å². The van der Waals surface area contributed by atoms with Crippen molar-refractivity contribution in [1.29, 1.82) is 0 Å². The maximum atomic E-state index is 12.5. The molecule has 8 heteroatoms. The van der Waals surface area contributed by atoms with Crippen LogP contribution in [0.15, 0.2) is 69.7 Å². The number of anilines is 1. The zero-order chi connectivity index (χ0) is 21.6. The Labute approximate surface area is 189 Å². The molecular formula is C23H24N4O2S2. The second-order valence-corrected chi connectivity index (χ2v) is 9.11. The number of thiophene rings is 1. The summed E-state index contributed by atoms with van der Waals surface area (Å²) in [5, 5.41) is 14.3. The van der Waals surface area contributed by atoms with Crippen molar-refractivity contribution in [2.45, 2.75) is 37.9 Å². The van der Waals surface area contributed by atoms with Crippen LogP contribution < -0.4 is 5.32 Å². The van der Waals surface area contributed by atoms with Gasteiger partial charge in [0.05, 0.1) is 23.4 Å². The molecule has 4 rings (SSSR count). The Morgan fingerprint density at radius 2 is 2.03 bits per heavy atom. The Balaban J connectivity index is 1.43. The second kappa shape index (κ2) is 9.98. The number of hydrogen-bond donors (Lipinski definition) is 1. The molecule has 0 radical (unpaired) electrons. The Morgan fingerprint density at radius 3 is 2.71 bits per heavy atom. The first kappa shape index (κ1) is 21.4. The maximum absolute atomic E-state index is 12.5. The van der Waals surface area contributed by atoms with E-state index in [0.29, 0.717) is 17.6 Å². The van der Waals surface area contributed by atoms with E-state index in [1.54, 1.807) is 17.6 Å². The van der Waals surface area contributed by atoms with Crippen molar-refractivity contribution in [1.82, 2.24) is 14.8 Å². The molecule has 0 saturated carbocycles. The predicted octanol–water partition coefficient (Wildman–Crippen LogP) is 5.89. The number of rotatable bonds is 9. The molecule has 1 unspecified atom stereocenters. The second-order valence-electron chi connectivity index (χ2n) is 7.22. The van der Waals surface area contributed by atoms with Gasteiger partial charge in [-0.3, -0.25) is 9.36 Å². The molecule has 31 heavy (non-hydrogen) atoms. The molecule has 0 aliphatic carbocycles. The van der Waals surface area contributed by atoms with Gasteiger partial charge in [-0.1, -0.05) is 43.8 Å². The van der Waals surface area contributed by atoms with Crippen molar-refractivity contribution in [2.24, 2.45) is 0 Å². The molecule has 0 fully saturated rings. The third-order valence-corrected chi connectivity index (χ3v) is 6.89. The SMILES string of the molecule is CCC(C)c1ccc(NC(=O)CSc2nnc(-c3cccs3)n2Cc2ccco2)cc1. The first-order chi connectivity index (χ1) is 15.1. The van der Waals surface area contributed by atoms with Crippen LogP contribution in [0.5, 0.6) is 0 Å². The van der Waals surface area contributed by atoms with Gasteiger partial charge in [-0.05, 0) is 53.6 Å². The van der Waals surface area contributed by atoms with Crippen molar-refractivity contribution in [2.75, 3.05) is 11.1 Å². The van der Waals surface area contributed by atoms with E-state index >= 15 is 0 Å². The summed E-state index contributed by atoms with van der Waals surface area (Å²) in [6.07, 6.45) is 2.74. The van der Waals surface area contributed by atoms with E-state index in [9.17, 15) is 4.79 Å². The van der Waals surface area contributed by atoms with Gasteiger partial charge in [0, 0.05) is 5.69 Å². The molecule has 6 nitrogen and oxygen atoms in total. The van der Waals surface area contributed by atoms with Crippen LogP contribution in [0.4, 0.5) is 5.69 Å². The van der Waals surface area contributed by atoms with E-state index in [1.807, 2.05) is 46.3 Å². The lowest BCUT2D eigenvalue weighted by atomic mass is 9.99. The van der Waals surface area contributed by atoms with Crippen molar-refractivity contribution in [3.8, 4) is 10.7 Å². The highest BCUT2D eigenvalue weighted by Crippen LogP contribution is 2.28. The standard InChI is InChI=1S/C23H24N4O2S2/c1-3-16(2)17-8-10-18(11-9-17)24-21(28)15-31-23-26-25-22(20-7-5-13-30-20)27(23)14-19-6-4-12-29-19/h4-13,16H,3,14-15H2,1-2H3,(H,24,28). The van der Waals surface area contributed by atoms with Crippen molar-refractivity contribution in [3.63, 3.8) is 0 Å². The smallest absolute Gasteiger partial charge is 0.234 e. The summed E-state index contributed by atoms with van der Waals surface area (Å²) >= 11 is 2.97. The van der Waals surface area contributed by atoms with E-state index in [2.05, 4.69) is 41.5 Å². The zero-order valence-electron chi connectivity index (χ0n) is 17.4. The highest BCUT2D eigenvalue weighted by molar-refractivity contribution is 7.99. The molecule has 3 heterocycles. The van der Waals surface area contributed by atoms with Crippen LogP contribution in [0.25, 0.3) is 10.7 Å². The Hall–Kier alpha value is -2.84. The minimum Gasteiger partial charge on any atom is -0.467 e. The van der Waals surface area contributed by atoms with E-state index in [4.69, 9.17) is 4.42 Å². The minimum atomic E-state index is -0.0773. The van der Waals surface area contributed by atoms with Gasteiger partial charge < -0.3 is 9.73 Å². The fourth-order valence-electron chi connectivity index (χ4n) is 3.14. The Morgan fingerprint density at radius 1 is 1.19 bits per heavy atom. The quantitative estimate of drug-likeness (QED) is 0.321. The summed E-state index contributed by atoms with van der Waals surface area (Å²) in [6.45, 7) is 4.88. The van der Waals surface area contributed by atoms with E-state index in [0.717, 1.165) is 28.6 Å². The predicted molar refractivity (Wildman–Crippen MR) is 126 cm³/mol. The third-order valence-electron chi connectivity index (χ3n) is 5.06. The van der Waals surface area contributed by atoms with Crippen LogP contribution in [0.1, 0.15) is 37.5 Å². The topological polar surface area (TPSA) is 73.0 Å². The van der Waals surface area contributed by atoms with Crippen LogP contribution in [0, 0.1) is 0 Å². The van der Waals surface area contributed by atoms with E-state index < -0.39 is 0 Å². The monoisotopic (exact) mass is 452 g/mol. The lowest BCUT2D eigenvalue weighted by Gasteiger charge is -2.11. The molecule has 1 N–H and O–H groups in total. The number of nitrogens with zero attached hydrogens (tertiary/aromatic N) is 3.